The minimum absolute atomic E-state index is 0.0553. The molecule has 5 heteroatoms. The monoisotopic (exact) mass is 222 g/mol. The maximum Gasteiger partial charge on any atom is 0.278 e. The molecular formula is C10H7ClN2O2. The molecule has 0 aliphatic carbocycles. The van der Waals surface area contributed by atoms with E-state index in [9.17, 15) is 10.1 Å². The summed E-state index contributed by atoms with van der Waals surface area (Å²) in [4.78, 5) is 14.4. The Labute approximate surface area is 90.7 Å². The Bertz CT molecular complexity index is 554. The van der Waals surface area contributed by atoms with E-state index >= 15 is 0 Å². The van der Waals surface area contributed by atoms with E-state index in [2.05, 4.69) is 4.98 Å². The fourth-order valence-electron chi connectivity index (χ4n) is 1.47. The molecule has 15 heavy (non-hydrogen) atoms. The van der Waals surface area contributed by atoms with Crippen LogP contribution in [0.4, 0.5) is 5.69 Å². The number of nitrogens with zero attached hydrogens (tertiary/aromatic N) is 2. The summed E-state index contributed by atoms with van der Waals surface area (Å²) in [5.74, 6) is 0. The second-order valence-corrected chi connectivity index (χ2v) is 3.58. The molecule has 0 saturated heterocycles. The quantitative estimate of drug-likeness (QED) is 0.423. The lowest BCUT2D eigenvalue weighted by molar-refractivity contribution is -0.383. The number of pyridine rings is 1. The second kappa shape index (κ2) is 3.47. The standard InChI is InChI=1S/C10H7ClN2O2/c1-6-2-4-8(13(14)15)7-3-5-9(11)12-10(6)7/h2-5H,1H3. The van der Waals surface area contributed by atoms with Gasteiger partial charge in [-0.25, -0.2) is 4.98 Å². The van der Waals surface area contributed by atoms with E-state index in [1.165, 1.54) is 6.07 Å². The van der Waals surface area contributed by atoms with Crippen molar-refractivity contribution in [3.8, 4) is 0 Å². The zero-order valence-corrected chi connectivity index (χ0v) is 8.65. The third kappa shape index (κ3) is 1.64. The van der Waals surface area contributed by atoms with E-state index in [1.54, 1.807) is 18.2 Å². The van der Waals surface area contributed by atoms with Crippen molar-refractivity contribution in [3.05, 3.63) is 45.1 Å². The number of aromatic nitrogens is 1. The Morgan fingerprint density at radius 2 is 2.07 bits per heavy atom. The maximum absolute atomic E-state index is 10.8. The highest BCUT2D eigenvalue weighted by Crippen LogP contribution is 2.27. The maximum atomic E-state index is 10.8. The number of rotatable bonds is 1. The molecule has 4 nitrogen and oxygen atoms in total. The van der Waals surface area contributed by atoms with Gasteiger partial charge in [0.25, 0.3) is 5.69 Å². The van der Waals surface area contributed by atoms with Crippen molar-refractivity contribution < 1.29 is 4.92 Å². The van der Waals surface area contributed by atoms with Crippen molar-refractivity contribution in [2.75, 3.05) is 0 Å². The molecule has 0 fully saturated rings. The lowest BCUT2D eigenvalue weighted by Gasteiger charge is -2.02. The number of fused-ring (bicyclic) bond motifs is 1. The minimum atomic E-state index is -0.419. The van der Waals surface area contributed by atoms with Gasteiger partial charge < -0.3 is 0 Å². The first-order valence-corrected chi connectivity index (χ1v) is 4.67. The van der Waals surface area contributed by atoms with E-state index in [0.717, 1.165) is 5.56 Å². The Balaban J connectivity index is 2.88. The van der Waals surface area contributed by atoms with Gasteiger partial charge in [0.2, 0.25) is 0 Å². The summed E-state index contributed by atoms with van der Waals surface area (Å²) < 4.78 is 0. The van der Waals surface area contributed by atoms with Crippen LogP contribution in [0, 0.1) is 17.0 Å². The normalized spacial score (nSPS) is 10.5. The molecular weight excluding hydrogens is 216 g/mol. The van der Waals surface area contributed by atoms with Gasteiger partial charge in [-0.05, 0) is 24.6 Å². The molecule has 0 amide bonds. The van der Waals surface area contributed by atoms with Gasteiger partial charge in [0.15, 0.2) is 0 Å². The van der Waals surface area contributed by atoms with Crippen molar-refractivity contribution in [2.24, 2.45) is 0 Å². The number of hydrogen-bond donors (Lipinski definition) is 0. The summed E-state index contributed by atoms with van der Waals surface area (Å²) in [6.07, 6.45) is 0. The van der Waals surface area contributed by atoms with Gasteiger partial charge in [0.05, 0.1) is 15.8 Å². The van der Waals surface area contributed by atoms with Crippen LogP contribution in [0.15, 0.2) is 24.3 Å². The van der Waals surface area contributed by atoms with Gasteiger partial charge in [0.1, 0.15) is 5.15 Å². The summed E-state index contributed by atoms with van der Waals surface area (Å²) >= 11 is 5.74. The molecule has 76 valence electrons. The van der Waals surface area contributed by atoms with E-state index in [0.29, 0.717) is 16.1 Å². The molecule has 0 unspecified atom stereocenters. The first-order chi connectivity index (χ1) is 7.09. The molecule has 1 aromatic heterocycles. The Hall–Kier alpha value is -1.68. The van der Waals surface area contributed by atoms with Gasteiger partial charge in [0, 0.05) is 6.07 Å². The summed E-state index contributed by atoms with van der Waals surface area (Å²) in [7, 11) is 0. The van der Waals surface area contributed by atoms with E-state index in [4.69, 9.17) is 11.6 Å². The molecule has 0 bridgehead atoms. The smallest absolute Gasteiger partial charge is 0.258 e. The number of halogens is 1. The number of non-ortho nitro benzene ring substituents is 1. The lowest BCUT2D eigenvalue weighted by atomic mass is 10.1. The molecule has 1 aromatic carbocycles. The fraction of sp³-hybridized carbons (Fsp3) is 0.100. The third-order valence-electron chi connectivity index (χ3n) is 2.20. The van der Waals surface area contributed by atoms with Crippen molar-refractivity contribution in [3.63, 3.8) is 0 Å². The molecule has 0 N–H and O–H groups in total. The second-order valence-electron chi connectivity index (χ2n) is 3.19. The van der Waals surface area contributed by atoms with Crippen LogP contribution in [0.2, 0.25) is 5.15 Å². The third-order valence-corrected chi connectivity index (χ3v) is 2.41. The largest absolute Gasteiger partial charge is 0.278 e. The highest BCUT2D eigenvalue weighted by molar-refractivity contribution is 6.29. The number of nitro benzene ring substituents is 1. The Kier molecular flexibility index (Phi) is 2.28. The van der Waals surface area contributed by atoms with Gasteiger partial charge in [-0.1, -0.05) is 17.7 Å². The molecule has 0 atom stereocenters. The van der Waals surface area contributed by atoms with Crippen molar-refractivity contribution in [2.45, 2.75) is 6.92 Å². The number of hydrogen-bond acceptors (Lipinski definition) is 3. The highest BCUT2D eigenvalue weighted by Gasteiger charge is 2.13. The molecule has 0 aliphatic heterocycles. The molecule has 0 aliphatic rings. The number of nitro groups is 1. The predicted molar refractivity (Wildman–Crippen MR) is 58.1 cm³/mol. The molecule has 0 spiro atoms. The van der Waals surface area contributed by atoms with Crippen LogP contribution in [0.3, 0.4) is 0 Å². The van der Waals surface area contributed by atoms with E-state index in [-0.39, 0.29) is 5.69 Å². The summed E-state index contributed by atoms with van der Waals surface area (Å²) in [5, 5.41) is 11.6. The first-order valence-electron chi connectivity index (χ1n) is 4.30. The summed E-state index contributed by atoms with van der Waals surface area (Å²) in [6.45, 7) is 1.84. The SMILES string of the molecule is Cc1ccc([N+](=O)[O-])c2ccc(Cl)nc12. The number of benzene rings is 1. The van der Waals surface area contributed by atoms with Crippen molar-refractivity contribution in [1.29, 1.82) is 0 Å². The van der Waals surface area contributed by atoms with Gasteiger partial charge in [-0.2, -0.15) is 0 Å². The predicted octanol–water partition coefficient (Wildman–Crippen LogP) is 3.10. The Morgan fingerprint density at radius 3 is 2.73 bits per heavy atom. The average Bonchev–Trinajstić information content (AvgIpc) is 2.19. The first kappa shape index (κ1) is 9.86. The molecule has 1 heterocycles. The van der Waals surface area contributed by atoms with Gasteiger partial charge in [-0.3, -0.25) is 10.1 Å². The minimum Gasteiger partial charge on any atom is -0.258 e. The summed E-state index contributed by atoms with van der Waals surface area (Å²) in [6, 6.07) is 6.32. The molecule has 0 saturated carbocycles. The van der Waals surface area contributed by atoms with Crippen LogP contribution in [0.25, 0.3) is 10.9 Å². The van der Waals surface area contributed by atoms with Crippen LogP contribution in [0.1, 0.15) is 5.56 Å². The zero-order valence-electron chi connectivity index (χ0n) is 7.90. The van der Waals surface area contributed by atoms with Crippen molar-refractivity contribution >= 4 is 28.2 Å². The average molecular weight is 223 g/mol. The van der Waals surface area contributed by atoms with Crippen molar-refractivity contribution in [1.82, 2.24) is 4.98 Å². The lowest BCUT2D eigenvalue weighted by Crippen LogP contribution is -1.92. The van der Waals surface area contributed by atoms with E-state index in [1.807, 2.05) is 6.92 Å². The van der Waals surface area contributed by atoms with Crippen LogP contribution < -0.4 is 0 Å². The van der Waals surface area contributed by atoms with Crippen LogP contribution >= 0.6 is 11.6 Å². The highest BCUT2D eigenvalue weighted by atomic mass is 35.5. The van der Waals surface area contributed by atoms with E-state index < -0.39 is 4.92 Å². The fourth-order valence-corrected chi connectivity index (χ4v) is 1.62. The zero-order chi connectivity index (χ0) is 11.0. The summed E-state index contributed by atoms with van der Waals surface area (Å²) in [5.41, 5.74) is 1.51. The van der Waals surface area contributed by atoms with Gasteiger partial charge >= 0.3 is 0 Å². The molecule has 2 aromatic rings. The van der Waals surface area contributed by atoms with Gasteiger partial charge in [-0.15, -0.1) is 0 Å². The van der Waals surface area contributed by atoms with Crippen LogP contribution in [-0.2, 0) is 0 Å². The van der Waals surface area contributed by atoms with Crippen LogP contribution in [0.5, 0.6) is 0 Å². The molecule has 0 radical (unpaired) electrons. The molecule has 2 rings (SSSR count). The van der Waals surface area contributed by atoms with Crippen LogP contribution in [-0.4, -0.2) is 9.91 Å². The number of aryl methyl sites for hydroxylation is 1. The topological polar surface area (TPSA) is 56.0 Å². The Morgan fingerprint density at radius 1 is 1.33 bits per heavy atom.